The number of urea groups is 1. The number of benzene rings is 1. The molecule has 1 aliphatic rings. The molecule has 6 heteroatoms. The van der Waals surface area contributed by atoms with Gasteiger partial charge in [-0.1, -0.05) is 36.4 Å². The average Bonchev–Trinajstić information content (AvgIpc) is 3.13. The smallest absolute Gasteiger partial charge is 0.303 e. The van der Waals surface area contributed by atoms with E-state index in [-0.39, 0.29) is 18.1 Å². The van der Waals surface area contributed by atoms with Crippen LogP contribution in [0.25, 0.3) is 11.9 Å². The van der Waals surface area contributed by atoms with Gasteiger partial charge in [-0.3, -0.25) is 9.69 Å². The van der Waals surface area contributed by atoms with E-state index in [1.54, 1.807) is 6.08 Å². The molecule has 1 fully saturated rings. The first-order chi connectivity index (χ1) is 13.9. The Labute approximate surface area is 169 Å². The third-order valence-electron chi connectivity index (χ3n) is 5.04. The number of nitrogens with zero attached hydrogens (tertiary/aromatic N) is 3. The van der Waals surface area contributed by atoms with E-state index in [0.29, 0.717) is 0 Å². The number of rotatable bonds is 4. The highest BCUT2D eigenvalue weighted by atomic mass is 16.2. The number of aryl methyl sites for hydroxylation is 2. The summed E-state index contributed by atoms with van der Waals surface area (Å²) < 4.78 is 2.04. The van der Waals surface area contributed by atoms with Gasteiger partial charge in [-0.2, -0.15) is 0 Å². The van der Waals surface area contributed by atoms with Crippen LogP contribution in [0.15, 0.2) is 60.4 Å². The molecule has 0 unspecified atom stereocenters. The second-order valence-corrected chi connectivity index (χ2v) is 7.22. The van der Waals surface area contributed by atoms with Crippen LogP contribution in [0.2, 0.25) is 0 Å². The van der Waals surface area contributed by atoms with Gasteiger partial charge >= 0.3 is 6.03 Å². The van der Waals surface area contributed by atoms with E-state index in [2.05, 4.69) is 10.3 Å². The summed E-state index contributed by atoms with van der Waals surface area (Å²) >= 11 is 0. The standard InChI is InChI=1S/C23H22N4O2/c1-15-9-10-21(24-13-15)27-16(2)11-19(17(27)3)12-20-22(28)26(23(29)25-20)14-18-7-5-4-6-8-18/h4-13H,14H2,1-3H3,(H,25,29)/b20-12+. The van der Waals surface area contributed by atoms with E-state index < -0.39 is 6.03 Å². The third kappa shape index (κ3) is 3.57. The number of pyridine rings is 1. The molecule has 6 nitrogen and oxygen atoms in total. The Morgan fingerprint density at radius 2 is 1.79 bits per heavy atom. The molecule has 1 saturated heterocycles. The van der Waals surface area contributed by atoms with Crippen molar-refractivity contribution < 1.29 is 9.59 Å². The molecular formula is C23H22N4O2. The predicted octanol–water partition coefficient (Wildman–Crippen LogP) is 3.89. The molecule has 0 aliphatic carbocycles. The van der Waals surface area contributed by atoms with Gasteiger partial charge in [0, 0.05) is 17.6 Å². The summed E-state index contributed by atoms with van der Waals surface area (Å²) in [6.07, 6.45) is 3.56. The van der Waals surface area contributed by atoms with Crippen LogP contribution in [0.3, 0.4) is 0 Å². The van der Waals surface area contributed by atoms with Gasteiger partial charge in [0.15, 0.2) is 0 Å². The van der Waals surface area contributed by atoms with Crippen LogP contribution >= 0.6 is 0 Å². The number of amides is 3. The Bertz CT molecular complexity index is 1110. The van der Waals surface area contributed by atoms with Crippen molar-refractivity contribution in [3.05, 3.63) is 88.5 Å². The molecule has 0 bridgehead atoms. The Morgan fingerprint density at radius 1 is 1.03 bits per heavy atom. The van der Waals surface area contributed by atoms with E-state index in [0.717, 1.165) is 33.9 Å². The van der Waals surface area contributed by atoms with Gasteiger partial charge in [-0.05, 0) is 55.7 Å². The lowest BCUT2D eigenvalue weighted by atomic mass is 10.2. The van der Waals surface area contributed by atoms with E-state index >= 15 is 0 Å². The van der Waals surface area contributed by atoms with Crippen molar-refractivity contribution in [2.45, 2.75) is 27.3 Å². The summed E-state index contributed by atoms with van der Waals surface area (Å²) in [5.41, 5.74) is 5.11. The van der Waals surface area contributed by atoms with E-state index in [9.17, 15) is 9.59 Å². The van der Waals surface area contributed by atoms with Crippen molar-refractivity contribution in [3.63, 3.8) is 0 Å². The molecule has 29 heavy (non-hydrogen) atoms. The third-order valence-corrected chi connectivity index (χ3v) is 5.04. The Morgan fingerprint density at radius 3 is 2.48 bits per heavy atom. The van der Waals surface area contributed by atoms with Gasteiger partial charge in [0.05, 0.1) is 6.54 Å². The molecule has 0 radical (unpaired) electrons. The van der Waals surface area contributed by atoms with Gasteiger partial charge in [0.25, 0.3) is 5.91 Å². The first-order valence-corrected chi connectivity index (χ1v) is 9.44. The number of hydrogen-bond donors (Lipinski definition) is 1. The molecule has 0 spiro atoms. The fourth-order valence-electron chi connectivity index (χ4n) is 3.52. The van der Waals surface area contributed by atoms with Gasteiger partial charge in [-0.15, -0.1) is 0 Å². The van der Waals surface area contributed by atoms with Crippen LogP contribution in [0, 0.1) is 20.8 Å². The van der Waals surface area contributed by atoms with Crippen LogP contribution in [0.1, 0.15) is 28.1 Å². The zero-order valence-corrected chi connectivity index (χ0v) is 16.6. The van der Waals surface area contributed by atoms with Gasteiger partial charge < -0.3 is 9.88 Å². The summed E-state index contributed by atoms with van der Waals surface area (Å²) in [5, 5.41) is 2.70. The molecule has 0 saturated carbocycles. The molecule has 0 atom stereocenters. The minimum atomic E-state index is -0.404. The summed E-state index contributed by atoms with van der Waals surface area (Å²) in [7, 11) is 0. The highest BCUT2D eigenvalue weighted by Gasteiger charge is 2.33. The topological polar surface area (TPSA) is 67.2 Å². The number of hydrogen-bond acceptors (Lipinski definition) is 3. The second-order valence-electron chi connectivity index (χ2n) is 7.22. The van der Waals surface area contributed by atoms with E-state index in [1.807, 2.05) is 80.1 Å². The van der Waals surface area contributed by atoms with Crippen molar-refractivity contribution in [1.82, 2.24) is 19.8 Å². The molecule has 1 aromatic carbocycles. The number of nitrogens with one attached hydrogen (secondary N) is 1. The lowest BCUT2D eigenvalue weighted by Crippen LogP contribution is -2.30. The first kappa shape index (κ1) is 18.7. The minimum absolute atomic E-state index is 0.245. The average molecular weight is 386 g/mol. The summed E-state index contributed by atoms with van der Waals surface area (Å²) in [6.45, 7) is 6.21. The molecule has 4 rings (SSSR count). The number of carbonyl (C=O) groups is 2. The largest absolute Gasteiger partial charge is 0.329 e. The Balaban J connectivity index is 1.63. The maximum atomic E-state index is 12.8. The second kappa shape index (κ2) is 7.39. The molecule has 146 valence electrons. The Kier molecular flexibility index (Phi) is 4.76. The quantitative estimate of drug-likeness (QED) is 0.546. The van der Waals surface area contributed by atoms with Gasteiger partial charge in [0.2, 0.25) is 0 Å². The predicted molar refractivity (Wildman–Crippen MR) is 111 cm³/mol. The lowest BCUT2D eigenvalue weighted by molar-refractivity contribution is -0.123. The molecule has 1 N–H and O–H groups in total. The van der Waals surface area contributed by atoms with E-state index in [1.165, 1.54) is 4.90 Å². The van der Waals surface area contributed by atoms with Crippen LogP contribution in [-0.4, -0.2) is 26.4 Å². The molecular weight excluding hydrogens is 364 g/mol. The van der Waals surface area contributed by atoms with Crippen LogP contribution < -0.4 is 5.32 Å². The van der Waals surface area contributed by atoms with Gasteiger partial charge in [0.1, 0.15) is 11.5 Å². The van der Waals surface area contributed by atoms with Gasteiger partial charge in [-0.25, -0.2) is 9.78 Å². The van der Waals surface area contributed by atoms with Crippen molar-refractivity contribution in [1.29, 1.82) is 0 Å². The normalized spacial score (nSPS) is 15.3. The molecule has 3 heterocycles. The van der Waals surface area contributed by atoms with Crippen LogP contribution in [0.5, 0.6) is 0 Å². The zero-order chi connectivity index (χ0) is 20.5. The monoisotopic (exact) mass is 386 g/mol. The van der Waals surface area contributed by atoms with Crippen molar-refractivity contribution >= 4 is 18.0 Å². The van der Waals surface area contributed by atoms with Crippen molar-refractivity contribution in [2.24, 2.45) is 0 Å². The number of imide groups is 1. The molecule has 2 aromatic heterocycles. The molecule has 1 aliphatic heterocycles. The fourth-order valence-corrected chi connectivity index (χ4v) is 3.52. The molecule has 3 amide bonds. The minimum Gasteiger partial charge on any atom is -0.303 e. The highest BCUT2D eigenvalue weighted by molar-refractivity contribution is 6.13. The van der Waals surface area contributed by atoms with Crippen molar-refractivity contribution in [2.75, 3.05) is 0 Å². The fraction of sp³-hybridized carbons (Fsp3) is 0.174. The summed E-state index contributed by atoms with van der Waals surface area (Å²) in [4.78, 5) is 30.9. The van der Waals surface area contributed by atoms with Crippen LogP contribution in [-0.2, 0) is 11.3 Å². The number of carbonyl (C=O) groups excluding carboxylic acids is 2. The highest BCUT2D eigenvalue weighted by Crippen LogP contribution is 2.23. The summed E-state index contributed by atoms with van der Waals surface area (Å²) in [6, 6.07) is 15.0. The zero-order valence-electron chi connectivity index (χ0n) is 16.6. The van der Waals surface area contributed by atoms with Crippen LogP contribution in [0.4, 0.5) is 4.79 Å². The Hall–Kier alpha value is -3.67. The number of aromatic nitrogens is 2. The maximum Gasteiger partial charge on any atom is 0.329 e. The van der Waals surface area contributed by atoms with Crippen molar-refractivity contribution in [3.8, 4) is 5.82 Å². The lowest BCUT2D eigenvalue weighted by Gasteiger charge is -2.11. The molecule has 3 aromatic rings. The summed E-state index contributed by atoms with van der Waals surface area (Å²) in [5.74, 6) is 0.500. The van der Waals surface area contributed by atoms with E-state index in [4.69, 9.17) is 0 Å². The SMILES string of the molecule is Cc1ccc(-n2c(C)cc(/C=C3/NC(=O)N(Cc4ccccc4)C3=O)c2C)nc1. The maximum absolute atomic E-state index is 12.8. The first-order valence-electron chi connectivity index (χ1n) is 9.44.